The van der Waals surface area contributed by atoms with Gasteiger partial charge in [0.05, 0.1) is 23.8 Å². The zero-order valence-electron chi connectivity index (χ0n) is 17.7. The van der Waals surface area contributed by atoms with Crippen LogP contribution in [0.5, 0.6) is 0 Å². The Kier molecular flexibility index (Phi) is 6.78. The number of rotatable bonds is 3. The van der Waals surface area contributed by atoms with E-state index in [2.05, 4.69) is 21.7 Å². The fourth-order valence-electron chi connectivity index (χ4n) is 4.72. The number of carbonyl (C=O) groups is 2. The summed E-state index contributed by atoms with van der Waals surface area (Å²) in [5, 5.41) is 0.490. The molecule has 8 heteroatoms. The van der Waals surface area contributed by atoms with Crippen molar-refractivity contribution in [2.24, 2.45) is 11.8 Å². The van der Waals surface area contributed by atoms with Gasteiger partial charge in [-0.2, -0.15) is 0 Å². The summed E-state index contributed by atoms with van der Waals surface area (Å²) < 4.78 is 5.31. The number of hydrogen-bond donors (Lipinski definition) is 0. The predicted octanol–water partition coefficient (Wildman–Crippen LogP) is 2.68. The highest BCUT2D eigenvalue weighted by Gasteiger charge is 2.31. The van der Waals surface area contributed by atoms with Gasteiger partial charge >= 0.3 is 0 Å². The lowest BCUT2D eigenvalue weighted by molar-refractivity contribution is -0.137. The van der Waals surface area contributed by atoms with Gasteiger partial charge in [0.1, 0.15) is 5.82 Å². The molecule has 0 aromatic carbocycles. The van der Waals surface area contributed by atoms with E-state index in [0.29, 0.717) is 54.5 Å². The first-order valence-electron chi connectivity index (χ1n) is 11.1. The lowest BCUT2D eigenvalue weighted by atomic mass is 9.92. The van der Waals surface area contributed by atoms with Crippen molar-refractivity contribution in [1.82, 2.24) is 14.8 Å². The average molecular weight is 435 g/mol. The summed E-state index contributed by atoms with van der Waals surface area (Å²) in [6.07, 6.45) is 5.58. The molecule has 0 saturated carbocycles. The highest BCUT2D eigenvalue weighted by Crippen LogP contribution is 2.30. The number of anilines is 1. The molecular formula is C22H31ClN4O3. The second-order valence-corrected chi connectivity index (χ2v) is 9.13. The van der Waals surface area contributed by atoms with Crippen molar-refractivity contribution in [1.29, 1.82) is 0 Å². The number of carbonyl (C=O) groups excluding carboxylic acids is 2. The molecule has 3 fully saturated rings. The van der Waals surface area contributed by atoms with Crippen molar-refractivity contribution >= 4 is 29.2 Å². The molecule has 0 N–H and O–H groups in total. The van der Waals surface area contributed by atoms with E-state index < -0.39 is 0 Å². The van der Waals surface area contributed by atoms with Crippen LogP contribution in [0, 0.1) is 11.8 Å². The number of nitrogens with zero attached hydrogens (tertiary/aromatic N) is 4. The Hall–Kier alpha value is -1.86. The standard InChI is InChI=1S/C22H31ClN4O3/c1-16-3-2-6-27(15-16)21(28)17-4-7-25(8-5-17)20-19(23)13-18(14-24-20)22(29)26-9-11-30-12-10-26/h13-14,16-17H,2-12,15H2,1H3. The van der Waals surface area contributed by atoms with Gasteiger partial charge in [0.25, 0.3) is 5.91 Å². The van der Waals surface area contributed by atoms with Crippen molar-refractivity contribution < 1.29 is 14.3 Å². The Morgan fingerprint density at radius 2 is 1.80 bits per heavy atom. The Labute approximate surface area is 183 Å². The highest BCUT2D eigenvalue weighted by atomic mass is 35.5. The van der Waals surface area contributed by atoms with Crippen LogP contribution < -0.4 is 4.90 Å². The van der Waals surface area contributed by atoms with E-state index in [-0.39, 0.29) is 11.8 Å². The van der Waals surface area contributed by atoms with E-state index >= 15 is 0 Å². The van der Waals surface area contributed by atoms with Crippen LogP contribution in [-0.4, -0.2) is 79.1 Å². The Balaban J connectivity index is 1.35. The first kappa shape index (κ1) is 21.4. The van der Waals surface area contributed by atoms with Crippen molar-refractivity contribution in [3.63, 3.8) is 0 Å². The Morgan fingerprint density at radius 1 is 1.07 bits per heavy atom. The van der Waals surface area contributed by atoms with E-state index in [4.69, 9.17) is 16.3 Å². The Morgan fingerprint density at radius 3 is 2.47 bits per heavy atom. The summed E-state index contributed by atoms with van der Waals surface area (Å²) in [6, 6.07) is 1.72. The normalized spacial score (nSPS) is 23.5. The summed E-state index contributed by atoms with van der Waals surface area (Å²) in [7, 11) is 0. The maximum Gasteiger partial charge on any atom is 0.255 e. The second kappa shape index (κ2) is 9.52. The van der Waals surface area contributed by atoms with Gasteiger partial charge in [-0.1, -0.05) is 18.5 Å². The number of amides is 2. The first-order valence-corrected chi connectivity index (χ1v) is 11.5. The molecule has 3 aliphatic rings. The van der Waals surface area contributed by atoms with Crippen molar-refractivity contribution in [3.8, 4) is 0 Å². The minimum Gasteiger partial charge on any atom is -0.378 e. The maximum absolute atomic E-state index is 12.9. The monoisotopic (exact) mass is 434 g/mol. The zero-order chi connectivity index (χ0) is 21.1. The number of hydrogen-bond acceptors (Lipinski definition) is 5. The molecule has 7 nitrogen and oxygen atoms in total. The third-order valence-corrected chi connectivity index (χ3v) is 6.76. The largest absolute Gasteiger partial charge is 0.378 e. The molecule has 4 rings (SSSR count). The smallest absolute Gasteiger partial charge is 0.255 e. The van der Waals surface area contributed by atoms with E-state index in [0.717, 1.165) is 45.4 Å². The molecule has 3 aliphatic heterocycles. The maximum atomic E-state index is 12.9. The molecule has 2 amide bonds. The number of aromatic nitrogens is 1. The van der Waals surface area contributed by atoms with E-state index in [1.54, 1.807) is 17.2 Å². The lowest BCUT2D eigenvalue weighted by Crippen LogP contribution is -2.46. The van der Waals surface area contributed by atoms with Crippen LogP contribution in [0.4, 0.5) is 5.82 Å². The van der Waals surface area contributed by atoms with Crippen LogP contribution >= 0.6 is 11.6 Å². The third-order valence-electron chi connectivity index (χ3n) is 6.48. The van der Waals surface area contributed by atoms with Gasteiger partial charge < -0.3 is 19.4 Å². The van der Waals surface area contributed by atoms with Crippen LogP contribution in [-0.2, 0) is 9.53 Å². The summed E-state index contributed by atoms with van der Waals surface area (Å²) in [5.74, 6) is 1.65. The zero-order valence-corrected chi connectivity index (χ0v) is 18.4. The van der Waals surface area contributed by atoms with E-state index in [1.165, 1.54) is 6.42 Å². The Bertz CT molecular complexity index is 776. The molecule has 4 heterocycles. The number of ether oxygens (including phenoxy) is 1. The van der Waals surface area contributed by atoms with Crippen LogP contribution in [0.15, 0.2) is 12.3 Å². The summed E-state index contributed by atoms with van der Waals surface area (Å²) in [6.45, 7) is 7.84. The second-order valence-electron chi connectivity index (χ2n) is 8.73. The molecule has 0 aliphatic carbocycles. The third kappa shape index (κ3) is 4.72. The molecule has 30 heavy (non-hydrogen) atoms. The molecular weight excluding hydrogens is 404 g/mol. The fourth-order valence-corrected chi connectivity index (χ4v) is 5.00. The minimum atomic E-state index is -0.0562. The molecule has 1 unspecified atom stereocenters. The summed E-state index contributed by atoms with van der Waals surface area (Å²) in [5.41, 5.74) is 0.509. The molecule has 164 valence electrons. The summed E-state index contributed by atoms with van der Waals surface area (Å²) in [4.78, 5) is 36.0. The van der Waals surface area contributed by atoms with Crippen LogP contribution in [0.1, 0.15) is 43.0 Å². The minimum absolute atomic E-state index is 0.0562. The number of piperidine rings is 2. The van der Waals surface area contributed by atoms with E-state index in [9.17, 15) is 9.59 Å². The average Bonchev–Trinajstić information content (AvgIpc) is 2.79. The quantitative estimate of drug-likeness (QED) is 0.731. The van der Waals surface area contributed by atoms with Crippen molar-refractivity contribution in [2.75, 3.05) is 57.4 Å². The van der Waals surface area contributed by atoms with Crippen LogP contribution in [0.25, 0.3) is 0 Å². The van der Waals surface area contributed by atoms with Gasteiger partial charge in [-0.25, -0.2) is 4.98 Å². The number of halogens is 1. The van der Waals surface area contributed by atoms with Crippen LogP contribution in [0.3, 0.4) is 0 Å². The number of pyridine rings is 1. The van der Waals surface area contributed by atoms with Gasteiger partial charge in [-0.05, 0) is 37.7 Å². The first-order chi connectivity index (χ1) is 14.5. The topological polar surface area (TPSA) is 66.0 Å². The van der Waals surface area contributed by atoms with Gasteiger partial charge in [0.2, 0.25) is 5.91 Å². The fraction of sp³-hybridized carbons (Fsp3) is 0.682. The molecule has 0 radical (unpaired) electrons. The van der Waals surface area contributed by atoms with Crippen molar-refractivity contribution in [2.45, 2.75) is 32.6 Å². The van der Waals surface area contributed by atoms with Gasteiger partial charge in [0, 0.05) is 51.4 Å². The molecule has 0 bridgehead atoms. The number of morpholine rings is 1. The number of likely N-dealkylation sites (tertiary alicyclic amines) is 1. The molecule has 1 atom stereocenters. The van der Waals surface area contributed by atoms with Gasteiger partial charge in [-0.3, -0.25) is 9.59 Å². The summed E-state index contributed by atoms with van der Waals surface area (Å²) >= 11 is 6.51. The molecule has 1 aromatic heterocycles. The predicted molar refractivity (Wildman–Crippen MR) is 116 cm³/mol. The van der Waals surface area contributed by atoms with Crippen molar-refractivity contribution in [3.05, 3.63) is 22.8 Å². The lowest BCUT2D eigenvalue weighted by Gasteiger charge is -2.37. The van der Waals surface area contributed by atoms with Gasteiger partial charge in [0.15, 0.2) is 0 Å². The molecule has 3 saturated heterocycles. The SMILES string of the molecule is CC1CCCN(C(=O)C2CCN(c3ncc(C(=O)N4CCOCC4)cc3Cl)CC2)C1. The highest BCUT2D eigenvalue weighted by molar-refractivity contribution is 6.33. The molecule has 1 aromatic rings. The van der Waals surface area contributed by atoms with Crippen LogP contribution in [0.2, 0.25) is 5.02 Å². The van der Waals surface area contributed by atoms with Gasteiger partial charge in [-0.15, -0.1) is 0 Å². The van der Waals surface area contributed by atoms with E-state index in [1.807, 2.05) is 0 Å². The molecule has 0 spiro atoms.